The van der Waals surface area contributed by atoms with E-state index in [1.54, 1.807) is 4.90 Å². The lowest BCUT2D eigenvalue weighted by atomic mass is 10.1. The molecule has 0 aliphatic heterocycles. The number of aliphatic hydroxyl groups excluding tert-OH is 1. The number of carbonyl (C=O) groups is 1. The smallest absolute Gasteiger partial charge is 0.233 e. The Balaban J connectivity index is 2.66. The summed E-state index contributed by atoms with van der Waals surface area (Å²) in [6.07, 6.45) is 1.64. The SMILES string of the molecule is CCC(CC)N(CCO)C(=O)CSc1ccc(F)c(F)c1. The molecule has 0 bridgehead atoms. The van der Waals surface area contributed by atoms with Gasteiger partial charge >= 0.3 is 0 Å². The molecule has 0 atom stereocenters. The zero-order valence-electron chi connectivity index (χ0n) is 12.3. The first-order valence-electron chi connectivity index (χ1n) is 7.01. The van der Waals surface area contributed by atoms with Gasteiger partial charge in [-0.3, -0.25) is 4.79 Å². The number of amides is 1. The number of hydrogen-bond donors (Lipinski definition) is 1. The van der Waals surface area contributed by atoms with Crippen LogP contribution in [0.3, 0.4) is 0 Å². The average Bonchev–Trinajstić information content (AvgIpc) is 2.48. The highest BCUT2D eigenvalue weighted by molar-refractivity contribution is 8.00. The van der Waals surface area contributed by atoms with Gasteiger partial charge < -0.3 is 10.0 Å². The fourth-order valence-electron chi connectivity index (χ4n) is 2.14. The molecule has 118 valence electrons. The van der Waals surface area contributed by atoms with E-state index in [4.69, 9.17) is 5.11 Å². The van der Waals surface area contributed by atoms with Gasteiger partial charge in [0.05, 0.1) is 12.4 Å². The van der Waals surface area contributed by atoms with Crippen molar-refractivity contribution >= 4 is 17.7 Å². The van der Waals surface area contributed by atoms with Crippen LogP contribution in [0.2, 0.25) is 0 Å². The fraction of sp³-hybridized carbons (Fsp3) is 0.533. The second-order valence-corrected chi connectivity index (χ2v) is 5.69. The highest BCUT2D eigenvalue weighted by Gasteiger charge is 2.20. The summed E-state index contributed by atoms with van der Waals surface area (Å²) in [5.74, 6) is -1.78. The van der Waals surface area contributed by atoms with E-state index >= 15 is 0 Å². The number of halogens is 2. The molecule has 0 heterocycles. The van der Waals surface area contributed by atoms with Gasteiger partial charge in [0.1, 0.15) is 0 Å². The summed E-state index contributed by atoms with van der Waals surface area (Å²) in [5.41, 5.74) is 0. The minimum Gasteiger partial charge on any atom is -0.395 e. The third-order valence-electron chi connectivity index (χ3n) is 3.30. The van der Waals surface area contributed by atoms with Gasteiger partial charge in [0.15, 0.2) is 11.6 Å². The van der Waals surface area contributed by atoms with E-state index in [0.717, 1.165) is 36.7 Å². The molecule has 1 rings (SSSR count). The maximum Gasteiger partial charge on any atom is 0.233 e. The number of benzene rings is 1. The molecule has 0 radical (unpaired) electrons. The summed E-state index contributed by atoms with van der Waals surface area (Å²) >= 11 is 1.16. The van der Waals surface area contributed by atoms with E-state index in [0.29, 0.717) is 11.4 Å². The lowest BCUT2D eigenvalue weighted by Gasteiger charge is -2.30. The van der Waals surface area contributed by atoms with E-state index in [-0.39, 0.29) is 24.3 Å². The Bertz CT molecular complexity index is 467. The van der Waals surface area contributed by atoms with Gasteiger partial charge in [0.2, 0.25) is 5.91 Å². The highest BCUT2D eigenvalue weighted by Crippen LogP contribution is 2.21. The molecule has 21 heavy (non-hydrogen) atoms. The van der Waals surface area contributed by atoms with E-state index in [9.17, 15) is 13.6 Å². The molecule has 0 spiro atoms. The van der Waals surface area contributed by atoms with Gasteiger partial charge in [-0.2, -0.15) is 0 Å². The zero-order chi connectivity index (χ0) is 15.8. The van der Waals surface area contributed by atoms with Crippen LogP contribution in [-0.4, -0.2) is 40.9 Å². The van der Waals surface area contributed by atoms with E-state index in [1.807, 2.05) is 13.8 Å². The molecule has 1 aromatic rings. The van der Waals surface area contributed by atoms with Crippen LogP contribution in [0, 0.1) is 11.6 Å². The van der Waals surface area contributed by atoms with Crippen LogP contribution in [0.4, 0.5) is 8.78 Å². The van der Waals surface area contributed by atoms with Gasteiger partial charge in [-0.1, -0.05) is 13.8 Å². The third kappa shape index (κ3) is 5.28. The van der Waals surface area contributed by atoms with Crippen molar-refractivity contribution in [2.24, 2.45) is 0 Å². The summed E-state index contributed by atoms with van der Waals surface area (Å²) in [4.78, 5) is 14.4. The predicted octanol–water partition coefficient (Wildman–Crippen LogP) is 3.07. The Labute approximate surface area is 128 Å². The first-order chi connectivity index (χ1) is 10.0. The van der Waals surface area contributed by atoms with Crippen LogP contribution in [0.5, 0.6) is 0 Å². The van der Waals surface area contributed by atoms with Crippen molar-refractivity contribution in [2.45, 2.75) is 37.6 Å². The predicted molar refractivity (Wildman–Crippen MR) is 80.3 cm³/mol. The number of thioether (sulfide) groups is 1. The molecule has 0 unspecified atom stereocenters. The van der Waals surface area contributed by atoms with Crippen LogP contribution in [0.15, 0.2) is 23.1 Å². The van der Waals surface area contributed by atoms with Crippen LogP contribution in [0.1, 0.15) is 26.7 Å². The van der Waals surface area contributed by atoms with Gasteiger partial charge in [0.25, 0.3) is 0 Å². The maximum atomic E-state index is 13.1. The van der Waals surface area contributed by atoms with Crippen molar-refractivity contribution < 1.29 is 18.7 Å². The number of hydrogen-bond acceptors (Lipinski definition) is 3. The molecule has 1 amide bonds. The molecule has 0 aliphatic carbocycles. The Morgan fingerprint density at radius 3 is 2.48 bits per heavy atom. The molecule has 3 nitrogen and oxygen atoms in total. The standard InChI is InChI=1S/C15H21F2NO2S/c1-3-11(4-2)18(7-8-19)15(20)10-21-12-5-6-13(16)14(17)9-12/h5-6,9,11,19H,3-4,7-8,10H2,1-2H3. The first-order valence-corrected chi connectivity index (χ1v) is 8.00. The molecule has 0 saturated heterocycles. The molecule has 1 N–H and O–H groups in total. The van der Waals surface area contributed by atoms with Gasteiger partial charge in [0, 0.05) is 17.5 Å². The fourth-order valence-corrected chi connectivity index (χ4v) is 2.95. The van der Waals surface area contributed by atoms with Gasteiger partial charge in [-0.25, -0.2) is 8.78 Å². The van der Waals surface area contributed by atoms with Crippen molar-refractivity contribution in [3.8, 4) is 0 Å². The van der Waals surface area contributed by atoms with Crippen LogP contribution in [-0.2, 0) is 4.79 Å². The third-order valence-corrected chi connectivity index (χ3v) is 4.28. The Morgan fingerprint density at radius 2 is 1.95 bits per heavy atom. The Morgan fingerprint density at radius 1 is 1.29 bits per heavy atom. The van der Waals surface area contributed by atoms with Gasteiger partial charge in [-0.05, 0) is 31.0 Å². The molecular formula is C15H21F2NO2S. The highest BCUT2D eigenvalue weighted by atomic mass is 32.2. The molecule has 6 heteroatoms. The molecule has 0 aromatic heterocycles. The van der Waals surface area contributed by atoms with E-state index in [2.05, 4.69) is 0 Å². The topological polar surface area (TPSA) is 40.5 Å². The van der Waals surface area contributed by atoms with Crippen molar-refractivity contribution in [1.29, 1.82) is 0 Å². The largest absolute Gasteiger partial charge is 0.395 e. The first kappa shape index (κ1) is 17.9. The summed E-state index contributed by atoms with van der Waals surface area (Å²) < 4.78 is 25.9. The van der Waals surface area contributed by atoms with Crippen molar-refractivity contribution in [3.63, 3.8) is 0 Å². The summed E-state index contributed by atoms with van der Waals surface area (Å²) in [6.45, 7) is 4.20. The van der Waals surface area contributed by atoms with Crippen LogP contribution in [0.25, 0.3) is 0 Å². The van der Waals surface area contributed by atoms with E-state index in [1.165, 1.54) is 6.07 Å². The number of aliphatic hydroxyl groups is 1. The number of nitrogens with zero attached hydrogens (tertiary/aromatic N) is 1. The number of carbonyl (C=O) groups excluding carboxylic acids is 1. The Hall–Kier alpha value is -1.14. The number of rotatable bonds is 8. The minimum absolute atomic E-state index is 0.0852. The minimum atomic E-state index is -0.917. The maximum absolute atomic E-state index is 13.1. The second-order valence-electron chi connectivity index (χ2n) is 4.65. The quantitative estimate of drug-likeness (QED) is 0.749. The molecule has 0 fully saturated rings. The van der Waals surface area contributed by atoms with Gasteiger partial charge in [-0.15, -0.1) is 11.8 Å². The van der Waals surface area contributed by atoms with E-state index < -0.39 is 11.6 Å². The molecule has 1 aromatic carbocycles. The zero-order valence-corrected chi connectivity index (χ0v) is 13.1. The van der Waals surface area contributed by atoms with Crippen molar-refractivity contribution in [1.82, 2.24) is 4.90 Å². The van der Waals surface area contributed by atoms with Crippen molar-refractivity contribution in [3.05, 3.63) is 29.8 Å². The summed E-state index contributed by atoms with van der Waals surface area (Å²) in [5, 5.41) is 9.09. The Kier molecular flexibility index (Phi) is 7.67. The molecular weight excluding hydrogens is 296 g/mol. The monoisotopic (exact) mass is 317 g/mol. The van der Waals surface area contributed by atoms with Crippen LogP contribution < -0.4 is 0 Å². The summed E-state index contributed by atoms with van der Waals surface area (Å²) in [6, 6.07) is 3.68. The molecule has 0 saturated carbocycles. The summed E-state index contributed by atoms with van der Waals surface area (Å²) in [7, 11) is 0. The lowest BCUT2D eigenvalue weighted by Crippen LogP contribution is -2.42. The average molecular weight is 317 g/mol. The normalized spacial score (nSPS) is 11.0. The van der Waals surface area contributed by atoms with Crippen LogP contribution >= 0.6 is 11.8 Å². The van der Waals surface area contributed by atoms with Crippen molar-refractivity contribution in [2.75, 3.05) is 18.9 Å². The lowest BCUT2D eigenvalue weighted by molar-refractivity contribution is -0.131. The second kappa shape index (κ2) is 9.00. The molecule has 0 aliphatic rings.